The number of halogens is 1. The number of hydrogen-bond donors (Lipinski definition) is 0. The van der Waals surface area contributed by atoms with Crippen LogP contribution in [0.2, 0.25) is 0 Å². The Bertz CT molecular complexity index is 1140. The maximum Gasteiger partial charge on any atom is 0.254 e. The van der Waals surface area contributed by atoms with Crippen LogP contribution in [0, 0.1) is 11.7 Å². The van der Waals surface area contributed by atoms with E-state index in [0.717, 1.165) is 5.56 Å². The molecule has 0 bridgehead atoms. The first-order valence-corrected chi connectivity index (χ1v) is 11.1. The fourth-order valence-electron chi connectivity index (χ4n) is 3.95. The number of thiophene rings is 1. The van der Waals surface area contributed by atoms with E-state index in [1.54, 1.807) is 28.5 Å². The largest absolute Gasteiger partial charge is 0.338 e. The Kier molecular flexibility index (Phi) is 6.09. The lowest BCUT2D eigenvalue weighted by atomic mass is 9.89. The van der Waals surface area contributed by atoms with E-state index in [4.69, 9.17) is 0 Å². The highest BCUT2D eigenvalue weighted by molar-refractivity contribution is 7.12. The van der Waals surface area contributed by atoms with E-state index in [-0.39, 0.29) is 23.4 Å². The van der Waals surface area contributed by atoms with Gasteiger partial charge in [-0.2, -0.15) is 0 Å². The van der Waals surface area contributed by atoms with E-state index in [0.29, 0.717) is 47.5 Å². The number of likely N-dealkylation sites (tertiary alicyclic amines) is 1. The van der Waals surface area contributed by atoms with Crippen molar-refractivity contribution in [3.63, 3.8) is 0 Å². The molecule has 31 heavy (non-hydrogen) atoms. The van der Waals surface area contributed by atoms with Crippen molar-refractivity contribution in [1.82, 2.24) is 4.90 Å². The van der Waals surface area contributed by atoms with Crippen LogP contribution in [0.1, 0.15) is 50.2 Å². The molecule has 0 spiro atoms. The summed E-state index contributed by atoms with van der Waals surface area (Å²) in [4.78, 5) is 39.6. The van der Waals surface area contributed by atoms with Gasteiger partial charge in [0.1, 0.15) is 5.82 Å². The number of amides is 1. The van der Waals surface area contributed by atoms with Gasteiger partial charge in [0.25, 0.3) is 5.91 Å². The number of rotatable bonds is 5. The van der Waals surface area contributed by atoms with Crippen LogP contribution in [0.4, 0.5) is 4.39 Å². The molecule has 2 heterocycles. The minimum atomic E-state index is -0.434. The minimum absolute atomic E-state index is 0.0725. The van der Waals surface area contributed by atoms with Crippen molar-refractivity contribution in [3.8, 4) is 11.1 Å². The maximum absolute atomic E-state index is 14.7. The van der Waals surface area contributed by atoms with E-state index in [1.807, 2.05) is 30.3 Å². The molecule has 4 rings (SSSR count). The van der Waals surface area contributed by atoms with Crippen LogP contribution in [-0.2, 0) is 0 Å². The molecule has 1 atom stereocenters. The molecule has 1 aliphatic heterocycles. The molecule has 1 aromatic heterocycles. The minimum Gasteiger partial charge on any atom is -0.338 e. The molecule has 0 aliphatic carbocycles. The quantitative estimate of drug-likeness (QED) is 0.498. The molecule has 3 aromatic rings. The van der Waals surface area contributed by atoms with Gasteiger partial charge < -0.3 is 4.90 Å². The lowest BCUT2D eigenvalue weighted by molar-refractivity contribution is 0.0637. The predicted molar refractivity (Wildman–Crippen MR) is 119 cm³/mol. The number of carbonyl (C=O) groups is 3. The highest BCUT2D eigenvalue weighted by Gasteiger charge is 2.30. The summed E-state index contributed by atoms with van der Waals surface area (Å²) in [5, 5.41) is 1.68. The average Bonchev–Trinajstić information content (AvgIpc) is 3.29. The lowest BCUT2D eigenvalue weighted by Crippen LogP contribution is -2.42. The van der Waals surface area contributed by atoms with Crippen LogP contribution in [-0.4, -0.2) is 35.5 Å². The third-order valence-electron chi connectivity index (χ3n) is 5.61. The van der Waals surface area contributed by atoms with Gasteiger partial charge in [0, 0.05) is 35.5 Å². The fourth-order valence-corrected chi connectivity index (χ4v) is 4.73. The third-order valence-corrected chi connectivity index (χ3v) is 6.64. The zero-order chi connectivity index (χ0) is 22.0. The SMILES string of the molecule is CC(=O)c1cc(C(=O)N2CCC[C@@H](C(=O)c3ccc(-c4ccccc4)c(F)c3)C2)cs1. The number of carbonyl (C=O) groups excluding carboxylic acids is 3. The number of Topliss-reactive ketones (excluding diaryl/α,β-unsaturated/α-hetero) is 2. The van der Waals surface area contributed by atoms with Gasteiger partial charge in [0.15, 0.2) is 11.6 Å². The van der Waals surface area contributed by atoms with Gasteiger partial charge in [-0.15, -0.1) is 11.3 Å². The van der Waals surface area contributed by atoms with Gasteiger partial charge in [-0.25, -0.2) is 4.39 Å². The topological polar surface area (TPSA) is 54.5 Å². The summed E-state index contributed by atoms with van der Waals surface area (Å²) in [6.45, 7) is 2.33. The summed E-state index contributed by atoms with van der Waals surface area (Å²) >= 11 is 1.25. The molecular formula is C25H22FNO3S. The van der Waals surface area contributed by atoms with Gasteiger partial charge in [0.2, 0.25) is 0 Å². The van der Waals surface area contributed by atoms with Crippen molar-refractivity contribution in [1.29, 1.82) is 0 Å². The molecule has 2 aromatic carbocycles. The molecule has 0 saturated carbocycles. The molecule has 4 nitrogen and oxygen atoms in total. The molecule has 0 radical (unpaired) electrons. The predicted octanol–water partition coefficient (Wildman–Crippen LogP) is 5.49. The Morgan fingerprint density at radius 2 is 1.81 bits per heavy atom. The molecule has 1 saturated heterocycles. The smallest absolute Gasteiger partial charge is 0.254 e. The summed E-state index contributed by atoms with van der Waals surface area (Å²) in [6, 6.07) is 15.4. The van der Waals surface area contributed by atoms with Crippen LogP contribution in [0.5, 0.6) is 0 Å². The second kappa shape index (κ2) is 8.94. The van der Waals surface area contributed by atoms with E-state index in [9.17, 15) is 18.8 Å². The summed E-state index contributed by atoms with van der Waals surface area (Å²) in [6.07, 6.45) is 1.36. The van der Waals surface area contributed by atoms with Gasteiger partial charge in [-0.1, -0.05) is 42.5 Å². The van der Waals surface area contributed by atoms with E-state index in [2.05, 4.69) is 0 Å². The van der Waals surface area contributed by atoms with Crippen molar-refractivity contribution in [2.75, 3.05) is 13.1 Å². The molecule has 1 amide bonds. The third kappa shape index (κ3) is 4.49. The van der Waals surface area contributed by atoms with E-state index in [1.165, 1.54) is 24.3 Å². The normalized spacial score (nSPS) is 16.2. The molecular weight excluding hydrogens is 413 g/mol. The summed E-state index contributed by atoms with van der Waals surface area (Å²) in [5.41, 5.74) is 2.01. The van der Waals surface area contributed by atoms with E-state index >= 15 is 0 Å². The zero-order valence-corrected chi connectivity index (χ0v) is 18.0. The monoisotopic (exact) mass is 435 g/mol. The number of piperidine rings is 1. The van der Waals surface area contributed by atoms with Crippen molar-refractivity contribution in [3.05, 3.63) is 81.8 Å². The first-order chi connectivity index (χ1) is 14.9. The average molecular weight is 436 g/mol. The van der Waals surface area contributed by atoms with Crippen molar-refractivity contribution in [2.24, 2.45) is 5.92 Å². The molecule has 158 valence electrons. The van der Waals surface area contributed by atoms with Gasteiger partial charge in [-0.3, -0.25) is 14.4 Å². The summed E-state index contributed by atoms with van der Waals surface area (Å²) in [5.74, 6) is -1.20. The molecule has 6 heteroatoms. The Morgan fingerprint density at radius 1 is 1.03 bits per heavy atom. The van der Waals surface area contributed by atoms with Crippen molar-refractivity contribution >= 4 is 28.8 Å². The molecule has 1 aliphatic rings. The second-order valence-electron chi connectivity index (χ2n) is 7.77. The van der Waals surface area contributed by atoms with Crippen LogP contribution in [0.15, 0.2) is 60.0 Å². The molecule has 1 fully saturated rings. The number of benzene rings is 2. The Labute approximate surface area is 184 Å². The Balaban J connectivity index is 1.49. The van der Waals surface area contributed by atoms with Crippen LogP contribution in [0.3, 0.4) is 0 Å². The highest BCUT2D eigenvalue weighted by atomic mass is 32.1. The first-order valence-electron chi connectivity index (χ1n) is 10.2. The Morgan fingerprint density at radius 3 is 2.48 bits per heavy atom. The number of ketones is 2. The highest BCUT2D eigenvalue weighted by Crippen LogP contribution is 2.27. The van der Waals surface area contributed by atoms with Crippen LogP contribution >= 0.6 is 11.3 Å². The van der Waals surface area contributed by atoms with Crippen molar-refractivity contribution < 1.29 is 18.8 Å². The first kappa shape index (κ1) is 21.1. The second-order valence-corrected chi connectivity index (χ2v) is 8.68. The van der Waals surface area contributed by atoms with Crippen molar-refractivity contribution in [2.45, 2.75) is 19.8 Å². The summed E-state index contributed by atoms with van der Waals surface area (Å²) < 4.78 is 14.7. The Hall–Kier alpha value is -3.12. The fraction of sp³-hybridized carbons (Fsp3) is 0.240. The van der Waals surface area contributed by atoms with Gasteiger partial charge in [0.05, 0.1) is 10.4 Å². The van der Waals surface area contributed by atoms with Gasteiger partial charge >= 0.3 is 0 Å². The van der Waals surface area contributed by atoms with E-state index < -0.39 is 5.82 Å². The maximum atomic E-state index is 14.7. The molecule has 0 N–H and O–H groups in total. The number of nitrogens with zero attached hydrogens (tertiary/aromatic N) is 1. The lowest BCUT2D eigenvalue weighted by Gasteiger charge is -2.32. The standard InChI is InChI=1S/C25H22FNO3S/c1-16(28)23-13-20(15-31-23)25(30)27-11-5-8-19(14-27)24(29)18-9-10-21(22(26)12-18)17-6-3-2-4-7-17/h2-4,6-7,9-10,12-13,15,19H,5,8,11,14H2,1H3/t19-/m1/s1. The zero-order valence-electron chi connectivity index (χ0n) is 17.1. The number of hydrogen-bond acceptors (Lipinski definition) is 4. The van der Waals surface area contributed by atoms with Crippen LogP contribution in [0.25, 0.3) is 11.1 Å². The van der Waals surface area contributed by atoms with Gasteiger partial charge in [-0.05, 0) is 37.5 Å². The van der Waals surface area contributed by atoms with Crippen LogP contribution < -0.4 is 0 Å². The summed E-state index contributed by atoms with van der Waals surface area (Å²) in [7, 11) is 0. The molecule has 0 unspecified atom stereocenters.